The van der Waals surface area contributed by atoms with Crippen LogP contribution in [0.5, 0.6) is 0 Å². The average molecular weight is 263 g/mol. The Morgan fingerprint density at radius 1 is 1.50 bits per heavy atom. The molecule has 0 spiro atoms. The van der Waals surface area contributed by atoms with E-state index in [9.17, 15) is 4.79 Å². The molecule has 1 saturated carbocycles. The van der Waals surface area contributed by atoms with Crippen LogP contribution >= 0.6 is 12.2 Å². The summed E-state index contributed by atoms with van der Waals surface area (Å²) in [7, 11) is 0. The lowest BCUT2D eigenvalue weighted by atomic mass is 10.1. The molecule has 1 amide bonds. The summed E-state index contributed by atoms with van der Waals surface area (Å²) in [4.78, 5) is 11.9. The van der Waals surface area contributed by atoms with Crippen LogP contribution in [0.4, 0.5) is 5.69 Å². The van der Waals surface area contributed by atoms with Crippen molar-refractivity contribution in [3.05, 3.63) is 29.3 Å². The van der Waals surface area contributed by atoms with Crippen LogP contribution in [-0.4, -0.2) is 23.5 Å². The van der Waals surface area contributed by atoms with E-state index in [1.807, 2.05) is 25.1 Å². The van der Waals surface area contributed by atoms with Gasteiger partial charge < -0.3 is 16.4 Å². The second-order valence-corrected chi connectivity index (χ2v) is 5.03. The third-order valence-corrected chi connectivity index (χ3v) is 3.11. The Labute approximate surface area is 112 Å². The van der Waals surface area contributed by atoms with Crippen molar-refractivity contribution in [2.45, 2.75) is 25.8 Å². The fourth-order valence-electron chi connectivity index (χ4n) is 1.74. The first-order chi connectivity index (χ1) is 8.56. The van der Waals surface area contributed by atoms with Gasteiger partial charge in [0.25, 0.3) is 0 Å². The smallest absolute Gasteiger partial charge is 0.239 e. The first-order valence-corrected chi connectivity index (χ1v) is 6.41. The summed E-state index contributed by atoms with van der Waals surface area (Å²) in [5, 5.41) is 6.01. The summed E-state index contributed by atoms with van der Waals surface area (Å²) in [6, 6.07) is 6.10. The predicted molar refractivity (Wildman–Crippen MR) is 76.7 cm³/mol. The Morgan fingerprint density at radius 2 is 2.22 bits per heavy atom. The average Bonchev–Trinajstić information content (AvgIpc) is 3.10. The van der Waals surface area contributed by atoms with Crippen LogP contribution in [0.3, 0.4) is 0 Å². The monoisotopic (exact) mass is 263 g/mol. The first-order valence-electron chi connectivity index (χ1n) is 6.00. The fourth-order valence-corrected chi connectivity index (χ4v) is 1.97. The fraction of sp³-hybridized carbons (Fsp3) is 0.385. The number of rotatable bonds is 5. The number of thiocarbonyl (C=S) groups is 1. The van der Waals surface area contributed by atoms with Gasteiger partial charge in [0.15, 0.2) is 0 Å². The zero-order valence-electron chi connectivity index (χ0n) is 10.3. The molecule has 1 fully saturated rings. The van der Waals surface area contributed by atoms with Crippen LogP contribution in [0.15, 0.2) is 18.2 Å². The lowest BCUT2D eigenvalue weighted by molar-refractivity contribution is -0.119. The van der Waals surface area contributed by atoms with E-state index in [0.29, 0.717) is 17.6 Å². The molecule has 96 valence electrons. The van der Waals surface area contributed by atoms with Crippen LogP contribution in [-0.2, 0) is 4.79 Å². The van der Waals surface area contributed by atoms with E-state index in [1.54, 1.807) is 0 Å². The Balaban J connectivity index is 1.90. The summed E-state index contributed by atoms with van der Waals surface area (Å²) in [6.45, 7) is 2.24. The highest BCUT2D eigenvalue weighted by atomic mass is 32.1. The van der Waals surface area contributed by atoms with Gasteiger partial charge in [-0.1, -0.05) is 12.2 Å². The Morgan fingerprint density at radius 3 is 2.78 bits per heavy atom. The van der Waals surface area contributed by atoms with Crippen molar-refractivity contribution in [1.29, 1.82) is 0 Å². The van der Waals surface area contributed by atoms with E-state index in [0.717, 1.165) is 29.7 Å². The van der Waals surface area contributed by atoms with E-state index >= 15 is 0 Å². The van der Waals surface area contributed by atoms with Crippen LogP contribution in [0.25, 0.3) is 0 Å². The summed E-state index contributed by atoms with van der Waals surface area (Å²) < 4.78 is 0. The van der Waals surface area contributed by atoms with Crippen molar-refractivity contribution in [2.75, 3.05) is 11.9 Å². The largest absolute Gasteiger partial charge is 0.389 e. The number of carbonyl (C=O) groups excluding carboxylic acids is 1. The minimum atomic E-state index is 0.0357. The number of hydrogen-bond donors (Lipinski definition) is 3. The highest BCUT2D eigenvalue weighted by Crippen LogP contribution is 2.18. The summed E-state index contributed by atoms with van der Waals surface area (Å²) in [5.41, 5.74) is 8.38. The third kappa shape index (κ3) is 3.43. The molecule has 1 aliphatic carbocycles. The quantitative estimate of drug-likeness (QED) is 0.701. The maximum absolute atomic E-state index is 11.5. The highest BCUT2D eigenvalue weighted by Gasteiger charge is 2.22. The minimum Gasteiger partial charge on any atom is -0.389 e. The van der Waals surface area contributed by atoms with Crippen molar-refractivity contribution in [2.24, 2.45) is 5.73 Å². The maximum Gasteiger partial charge on any atom is 0.239 e. The molecule has 1 aromatic rings. The van der Waals surface area contributed by atoms with Gasteiger partial charge in [-0.25, -0.2) is 0 Å². The van der Waals surface area contributed by atoms with Crippen LogP contribution < -0.4 is 16.4 Å². The van der Waals surface area contributed by atoms with Crippen LogP contribution in [0.1, 0.15) is 24.0 Å². The summed E-state index contributed by atoms with van der Waals surface area (Å²) >= 11 is 4.95. The lowest BCUT2D eigenvalue weighted by Gasteiger charge is -2.10. The van der Waals surface area contributed by atoms with Gasteiger partial charge in [0, 0.05) is 17.3 Å². The number of carbonyl (C=O) groups is 1. The number of amides is 1. The third-order valence-electron chi connectivity index (χ3n) is 2.89. The molecule has 0 saturated heterocycles. The molecule has 0 bridgehead atoms. The van der Waals surface area contributed by atoms with Crippen molar-refractivity contribution < 1.29 is 4.79 Å². The van der Waals surface area contributed by atoms with Gasteiger partial charge in [0.2, 0.25) is 5.91 Å². The van der Waals surface area contributed by atoms with Crippen LogP contribution in [0.2, 0.25) is 0 Å². The van der Waals surface area contributed by atoms with Crippen molar-refractivity contribution in [3.8, 4) is 0 Å². The molecule has 1 aromatic carbocycles. The molecule has 0 atom stereocenters. The van der Waals surface area contributed by atoms with Crippen molar-refractivity contribution in [3.63, 3.8) is 0 Å². The lowest BCUT2D eigenvalue weighted by Crippen LogP contribution is -2.31. The second kappa shape index (κ2) is 5.35. The molecule has 0 unspecified atom stereocenters. The molecule has 0 heterocycles. The summed E-state index contributed by atoms with van der Waals surface area (Å²) in [6.07, 6.45) is 2.21. The van der Waals surface area contributed by atoms with Crippen LogP contribution in [0, 0.1) is 6.92 Å². The van der Waals surface area contributed by atoms with E-state index in [2.05, 4.69) is 10.6 Å². The van der Waals surface area contributed by atoms with E-state index in [-0.39, 0.29) is 5.91 Å². The number of hydrogen-bond acceptors (Lipinski definition) is 3. The maximum atomic E-state index is 11.5. The number of aryl methyl sites for hydroxylation is 1. The van der Waals surface area contributed by atoms with Gasteiger partial charge in [0.05, 0.1) is 6.54 Å². The number of nitrogens with two attached hydrogens (primary N) is 1. The van der Waals surface area contributed by atoms with E-state index < -0.39 is 0 Å². The Hall–Kier alpha value is -1.62. The number of nitrogens with one attached hydrogen (secondary N) is 2. The predicted octanol–water partition coefficient (Wildman–Crippen LogP) is 1.32. The first kappa shape index (κ1) is 12.8. The molecule has 0 aliphatic heterocycles. The van der Waals surface area contributed by atoms with Gasteiger partial charge in [-0.15, -0.1) is 0 Å². The molecule has 4 N–H and O–H groups in total. The normalized spacial score (nSPS) is 14.1. The molecular formula is C13H17N3OS. The Kier molecular flexibility index (Phi) is 3.81. The zero-order valence-corrected chi connectivity index (χ0v) is 11.1. The van der Waals surface area contributed by atoms with Gasteiger partial charge in [-0.05, 0) is 43.5 Å². The topological polar surface area (TPSA) is 67.2 Å². The van der Waals surface area contributed by atoms with Gasteiger partial charge >= 0.3 is 0 Å². The molecule has 0 radical (unpaired) electrons. The van der Waals surface area contributed by atoms with Crippen molar-refractivity contribution in [1.82, 2.24) is 5.32 Å². The SMILES string of the molecule is Cc1cc(NCC(=O)NC2CC2)ccc1C(N)=S. The Bertz CT molecular complexity index is 483. The molecular weight excluding hydrogens is 246 g/mol. The molecule has 5 heteroatoms. The van der Waals surface area contributed by atoms with Gasteiger partial charge in [-0.2, -0.15) is 0 Å². The molecule has 0 aromatic heterocycles. The molecule has 1 aliphatic rings. The number of anilines is 1. The van der Waals surface area contributed by atoms with Crippen molar-refractivity contribution >= 4 is 28.8 Å². The zero-order chi connectivity index (χ0) is 13.1. The highest BCUT2D eigenvalue weighted by molar-refractivity contribution is 7.80. The molecule has 2 rings (SSSR count). The minimum absolute atomic E-state index is 0.0357. The standard InChI is InChI=1S/C13H17N3OS/c1-8-6-10(4-5-11(8)13(14)18)15-7-12(17)16-9-2-3-9/h4-6,9,15H,2-3,7H2,1H3,(H2,14,18)(H,16,17). The van der Waals surface area contributed by atoms with E-state index in [4.69, 9.17) is 18.0 Å². The molecule has 18 heavy (non-hydrogen) atoms. The second-order valence-electron chi connectivity index (χ2n) is 4.59. The van der Waals surface area contributed by atoms with E-state index in [1.165, 1.54) is 0 Å². The molecule has 4 nitrogen and oxygen atoms in total. The van der Waals surface area contributed by atoms with Gasteiger partial charge in [-0.3, -0.25) is 4.79 Å². The summed E-state index contributed by atoms with van der Waals surface area (Å²) in [5.74, 6) is 0.0357. The number of benzene rings is 1. The van der Waals surface area contributed by atoms with Gasteiger partial charge in [0.1, 0.15) is 4.99 Å².